The van der Waals surface area contributed by atoms with E-state index in [-0.39, 0.29) is 5.91 Å². The van der Waals surface area contributed by atoms with E-state index < -0.39 is 29.8 Å². The summed E-state index contributed by atoms with van der Waals surface area (Å²) in [4.78, 5) is 19.2. The number of benzene rings is 1. The molecule has 7 nitrogen and oxygen atoms in total. The molecule has 0 unspecified atom stereocenters. The van der Waals surface area contributed by atoms with Gasteiger partial charge in [-0.25, -0.2) is 0 Å². The van der Waals surface area contributed by atoms with Crippen LogP contribution in [0.5, 0.6) is 0 Å². The number of nitrogens with zero attached hydrogens (tertiary/aromatic N) is 2. The van der Waals surface area contributed by atoms with E-state index in [1.165, 1.54) is 17.3 Å². The first-order valence-corrected chi connectivity index (χ1v) is 11.8. The molecule has 1 amide bonds. The summed E-state index contributed by atoms with van der Waals surface area (Å²) in [6.45, 7) is 4.02. The number of amides is 1. The van der Waals surface area contributed by atoms with Crippen LogP contribution in [0.2, 0.25) is 0 Å². The van der Waals surface area contributed by atoms with Crippen LogP contribution in [0.4, 0.5) is 0 Å². The van der Waals surface area contributed by atoms with Crippen LogP contribution < -0.4 is 5.32 Å². The molecular formula is C22H31N3O4S. The number of aryl methyl sites for hydroxylation is 1. The molecule has 8 heteroatoms. The van der Waals surface area contributed by atoms with Gasteiger partial charge in [0.05, 0.1) is 0 Å². The van der Waals surface area contributed by atoms with Gasteiger partial charge in [0.1, 0.15) is 23.7 Å². The van der Waals surface area contributed by atoms with Crippen LogP contribution in [0.1, 0.15) is 31.7 Å². The van der Waals surface area contributed by atoms with Gasteiger partial charge in [0, 0.05) is 19.6 Å². The highest BCUT2D eigenvalue weighted by Gasteiger charge is 2.51. The van der Waals surface area contributed by atoms with Gasteiger partial charge in [-0.15, -0.1) is 0 Å². The van der Waals surface area contributed by atoms with Crippen molar-refractivity contribution in [2.75, 3.05) is 19.6 Å². The van der Waals surface area contributed by atoms with Gasteiger partial charge in [-0.3, -0.25) is 9.79 Å². The van der Waals surface area contributed by atoms with Crippen molar-refractivity contribution in [3.8, 4) is 0 Å². The molecule has 0 aromatic heterocycles. The fourth-order valence-electron chi connectivity index (χ4n) is 4.44. The van der Waals surface area contributed by atoms with Gasteiger partial charge in [0.2, 0.25) is 0 Å². The lowest BCUT2D eigenvalue weighted by Crippen LogP contribution is -2.60. The maximum atomic E-state index is 13.1. The zero-order valence-corrected chi connectivity index (χ0v) is 18.1. The number of fused-ring (bicyclic) bond motifs is 1. The monoisotopic (exact) mass is 433 g/mol. The van der Waals surface area contributed by atoms with Crippen LogP contribution >= 0.6 is 11.8 Å². The molecule has 2 fully saturated rings. The number of hydrogen-bond donors (Lipinski definition) is 3. The Morgan fingerprint density at radius 3 is 2.67 bits per heavy atom. The van der Waals surface area contributed by atoms with Crippen LogP contribution in [0.25, 0.3) is 0 Å². The number of aliphatic imine (C=N–C) groups is 1. The summed E-state index contributed by atoms with van der Waals surface area (Å²) in [6, 6.07) is 9.94. The number of ether oxygens (including phenoxy) is 1. The molecule has 3 aliphatic rings. The average Bonchev–Trinajstić information content (AvgIpc) is 3.18. The number of likely N-dealkylation sites (tertiary alicyclic amines) is 1. The summed E-state index contributed by atoms with van der Waals surface area (Å²) < 4.78 is 5.92. The fourth-order valence-corrected chi connectivity index (χ4v) is 5.61. The summed E-state index contributed by atoms with van der Waals surface area (Å²) in [7, 11) is 0. The van der Waals surface area contributed by atoms with Crippen molar-refractivity contribution in [2.24, 2.45) is 10.9 Å². The standard InChI is InChI=1S/C22H31N3O4S/c1-2-23-22-24-16-17(26)18(27)19(29-21(16)30-22)20(28)25-12-10-15(11-13-25)9-8-14-6-4-3-5-7-14/h3-7,15-19,21,26-27H,2,8-13H2,1H3,(H,23,24)/t16-,17-,18+,19+,21-/m1/s1. The molecule has 164 valence electrons. The predicted molar refractivity (Wildman–Crippen MR) is 117 cm³/mol. The first-order chi connectivity index (χ1) is 14.6. The fraction of sp³-hybridized carbons (Fsp3) is 0.636. The molecule has 0 aliphatic carbocycles. The van der Waals surface area contributed by atoms with Crippen molar-refractivity contribution in [1.82, 2.24) is 10.2 Å². The van der Waals surface area contributed by atoms with E-state index in [2.05, 4.69) is 34.6 Å². The van der Waals surface area contributed by atoms with Gasteiger partial charge in [0.15, 0.2) is 11.3 Å². The number of hydrogen-bond acceptors (Lipinski definition) is 7. The van der Waals surface area contributed by atoms with E-state index in [1.807, 2.05) is 13.0 Å². The van der Waals surface area contributed by atoms with Gasteiger partial charge < -0.3 is 25.2 Å². The zero-order chi connectivity index (χ0) is 21.1. The lowest BCUT2D eigenvalue weighted by molar-refractivity contribution is -0.180. The van der Waals surface area contributed by atoms with Crippen LogP contribution in [0.15, 0.2) is 35.3 Å². The van der Waals surface area contributed by atoms with Crippen molar-refractivity contribution in [3.63, 3.8) is 0 Å². The van der Waals surface area contributed by atoms with Crippen LogP contribution in [-0.4, -0.2) is 75.6 Å². The summed E-state index contributed by atoms with van der Waals surface area (Å²) in [5.41, 5.74) is 0.904. The molecule has 2 saturated heterocycles. The first-order valence-electron chi connectivity index (χ1n) is 10.9. The highest BCUT2D eigenvalue weighted by atomic mass is 32.2. The predicted octanol–water partition coefficient (Wildman–Crippen LogP) is 1.39. The highest BCUT2D eigenvalue weighted by Crippen LogP contribution is 2.36. The smallest absolute Gasteiger partial charge is 0.254 e. The summed E-state index contributed by atoms with van der Waals surface area (Å²) in [6.07, 6.45) is 0.690. The van der Waals surface area contributed by atoms with Crippen molar-refractivity contribution >= 4 is 22.8 Å². The number of aliphatic hydroxyl groups excluding tert-OH is 2. The minimum atomic E-state index is -1.26. The van der Waals surface area contributed by atoms with Crippen molar-refractivity contribution in [2.45, 2.75) is 62.4 Å². The minimum Gasteiger partial charge on any atom is -0.388 e. The van der Waals surface area contributed by atoms with E-state index in [9.17, 15) is 15.0 Å². The van der Waals surface area contributed by atoms with Crippen molar-refractivity contribution in [1.29, 1.82) is 0 Å². The van der Waals surface area contributed by atoms with Gasteiger partial charge in [0.25, 0.3) is 5.91 Å². The Hall–Kier alpha value is -1.61. The Kier molecular flexibility index (Phi) is 6.98. The second kappa shape index (κ2) is 9.68. The Labute approximate surface area is 181 Å². The Morgan fingerprint density at radius 1 is 1.23 bits per heavy atom. The lowest BCUT2D eigenvalue weighted by Gasteiger charge is -2.41. The second-order valence-electron chi connectivity index (χ2n) is 8.27. The quantitative estimate of drug-likeness (QED) is 0.650. The van der Waals surface area contributed by atoms with E-state index in [1.54, 1.807) is 4.90 Å². The molecule has 3 aliphatic heterocycles. The lowest BCUT2D eigenvalue weighted by atomic mass is 9.90. The molecule has 0 spiro atoms. The third-order valence-corrected chi connectivity index (χ3v) is 7.34. The number of piperidine rings is 1. The maximum absolute atomic E-state index is 13.1. The number of carbonyl (C=O) groups is 1. The molecule has 1 aromatic carbocycles. The normalized spacial score (nSPS) is 31.9. The van der Waals surface area contributed by atoms with Gasteiger partial charge in [-0.1, -0.05) is 42.1 Å². The van der Waals surface area contributed by atoms with E-state index in [0.29, 0.717) is 30.7 Å². The van der Waals surface area contributed by atoms with Crippen molar-refractivity contribution < 1.29 is 19.7 Å². The van der Waals surface area contributed by atoms with Crippen molar-refractivity contribution in [3.05, 3.63) is 35.9 Å². The van der Waals surface area contributed by atoms with E-state index >= 15 is 0 Å². The molecule has 0 bridgehead atoms. The largest absolute Gasteiger partial charge is 0.388 e. The molecule has 4 rings (SSSR count). The molecule has 0 radical (unpaired) electrons. The molecule has 5 atom stereocenters. The van der Waals surface area contributed by atoms with E-state index in [4.69, 9.17) is 4.74 Å². The molecule has 3 N–H and O–H groups in total. The van der Waals surface area contributed by atoms with Crippen LogP contribution in [0, 0.1) is 5.92 Å². The topological polar surface area (TPSA) is 94.4 Å². The zero-order valence-electron chi connectivity index (χ0n) is 17.3. The number of amidine groups is 1. The molecule has 30 heavy (non-hydrogen) atoms. The third-order valence-electron chi connectivity index (χ3n) is 6.25. The number of thioether (sulfide) groups is 1. The number of nitrogens with one attached hydrogen (secondary N) is 1. The molecular weight excluding hydrogens is 402 g/mol. The first kappa shape index (κ1) is 21.6. The average molecular weight is 434 g/mol. The van der Waals surface area contributed by atoms with E-state index in [0.717, 1.165) is 25.7 Å². The molecule has 0 saturated carbocycles. The van der Waals surface area contributed by atoms with Gasteiger partial charge in [-0.2, -0.15) is 0 Å². The summed E-state index contributed by atoms with van der Waals surface area (Å²) in [5.74, 6) is 0.377. The van der Waals surface area contributed by atoms with Crippen LogP contribution in [-0.2, 0) is 16.0 Å². The number of rotatable bonds is 5. The molecule has 3 heterocycles. The SMILES string of the molecule is CCNC1=N[C@@H]2[C@@H](O)[C@H](O)[C@@H](C(=O)N3CCC(CCc4ccccc4)CC3)O[C@@H]2S1. The number of aliphatic hydroxyl groups is 2. The highest BCUT2D eigenvalue weighted by molar-refractivity contribution is 8.14. The third kappa shape index (κ3) is 4.66. The Morgan fingerprint density at radius 2 is 1.97 bits per heavy atom. The maximum Gasteiger partial charge on any atom is 0.254 e. The Bertz CT molecular complexity index is 754. The van der Waals surface area contributed by atoms with Crippen LogP contribution in [0.3, 0.4) is 0 Å². The second-order valence-corrected chi connectivity index (χ2v) is 9.36. The van der Waals surface area contributed by atoms with Gasteiger partial charge >= 0.3 is 0 Å². The van der Waals surface area contributed by atoms with Gasteiger partial charge in [-0.05, 0) is 44.1 Å². The molecule has 1 aromatic rings. The Balaban J connectivity index is 1.29. The minimum absolute atomic E-state index is 0.223. The number of carbonyl (C=O) groups excluding carboxylic acids is 1. The summed E-state index contributed by atoms with van der Waals surface area (Å²) in [5, 5.41) is 24.9. The summed E-state index contributed by atoms with van der Waals surface area (Å²) >= 11 is 1.37.